The van der Waals surface area contributed by atoms with Crippen LogP contribution in [-0.4, -0.2) is 27.7 Å². The minimum atomic E-state index is 0.390. The molecule has 1 aliphatic rings. The zero-order valence-electron chi connectivity index (χ0n) is 9.13. The van der Waals surface area contributed by atoms with E-state index in [0.29, 0.717) is 12.4 Å². The summed E-state index contributed by atoms with van der Waals surface area (Å²) in [7, 11) is 0. The van der Waals surface area contributed by atoms with Crippen LogP contribution in [0.1, 0.15) is 18.7 Å². The van der Waals surface area contributed by atoms with Crippen LogP contribution >= 0.6 is 0 Å². The quantitative estimate of drug-likeness (QED) is 0.808. The normalized spacial score (nSPS) is 16.2. The SMILES string of the molecule is NCc1nc2cc(N3CCCC3)ccn2n1. The Bertz CT molecular complexity index is 498. The minimum Gasteiger partial charge on any atom is -0.371 e. The second kappa shape index (κ2) is 3.75. The zero-order valence-corrected chi connectivity index (χ0v) is 9.13. The lowest BCUT2D eigenvalue weighted by Crippen LogP contribution is -2.17. The molecule has 2 aromatic rings. The van der Waals surface area contributed by atoms with Crippen LogP contribution in [0.25, 0.3) is 5.65 Å². The number of hydrogen-bond donors (Lipinski definition) is 1. The molecule has 5 heteroatoms. The van der Waals surface area contributed by atoms with Gasteiger partial charge in [0.15, 0.2) is 11.5 Å². The molecule has 16 heavy (non-hydrogen) atoms. The topological polar surface area (TPSA) is 59.5 Å². The van der Waals surface area contributed by atoms with Crippen molar-refractivity contribution >= 4 is 11.3 Å². The number of rotatable bonds is 2. The Morgan fingerprint density at radius 1 is 1.31 bits per heavy atom. The van der Waals surface area contributed by atoms with Crippen molar-refractivity contribution in [2.75, 3.05) is 18.0 Å². The lowest BCUT2D eigenvalue weighted by Gasteiger charge is -2.16. The van der Waals surface area contributed by atoms with E-state index in [9.17, 15) is 0 Å². The molecule has 3 heterocycles. The Labute approximate surface area is 93.9 Å². The van der Waals surface area contributed by atoms with Gasteiger partial charge in [-0.05, 0) is 18.9 Å². The van der Waals surface area contributed by atoms with E-state index in [2.05, 4.69) is 27.1 Å². The van der Waals surface area contributed by atoms with Crippen molar-refractivity contribution in [3.8, 4) is 0 Å². The third-order valence-electron chi connectivity index (χ3n) is 3.02. The van der Waals surface area contributed by atoms with Gasteiger partial charge in [0, 0.05) is 31.0 Å². The lowest BCUT2D eigenvalue weighted by atomic mass is 10.3. The maximum absolute atomic E-state index is 5.53. The summed E-state index contributed by atoms with van der Waals surface area (Å²) in [6, 6.07) is 4.17. The minimum absolute atomic E-state index is 0.390. The van der Waals surface area contributed by atoms with Crippen molar-refractivity contribution < 1.29 is 0 Å². The molecule has 0 saturated carbocycles. The third kappa shape index (κ3) is 1.53. The maximum atomic E-state index is 5.53. The Morgan fingerprint density at radius 2 is 2.12 bits per heavy atom. The summed E-state index contributed by atoms with van der Waals surface area (Å²) in [5, 5.41) is 4.26. The van der Waals surface area contributed by atoms with Crippen molar-refractivity contribution in [3.63, 3.8) is 0 Å². The third-order valence-corrected chi connectivity index (χ3v) is 3.02. The molecule has 0 aliphatic carbocycles. The van der Waals surface area contributed by atoms with Crippen molar-refractivity contribution in [1.29, 1.82) is 0 Å². The fourth-order valence-electron chi connectivity index (χ4n) is 2.18. The van der Waals surface area contributed by atoms with Crippen LogP contribution in [-0.2, 0) is 6.54 Å². The smallest absolute Gasteiger partial charge is 0.165 e. The second-order valence-electron chi connectivity index (χ2n) is 4.11. The summed E-state index contributed by atoms with van der Waals surface area (Å²) in [6.45, 7) is 2.68. The lowest BCUT2D eigenvalue weighted by molar-refractivity contribution is 0.867. The van der Waals surface area contributed by atoms with E-state index in [-0.39, 0.29) is 0 Å². The molecule has 5 nitrogen and oxygen atoms in total. The first-order valence-corrected chi connectivity index (χ1v) is 5.67. The van der Waals surface area contributed by atoms with Crippen LogP contribution in [0.3, 0.4) is 0 Å². The molecule has 1 fully saturated rings. The van der Waals surface area contributed by atoms with Crippen molar-refractivity contribution in [3.05, 3.63) is 24.2 Å². The summed E-state index contributed by atoms with van der Waals surface area (Å²) in [5.41, 5.74) is 7.64. The van der Waals surface area contributed by atoms with Gasteiger partial charge in [0.05, 0.1) is 6.54 Å². The molecule has 0 bridgehead atoms. The monoisotopic (exact) mass is 217 g/mol. The van der Waals surface area contributed by atoms with E-state index < -0.39 is 0 Å². The number of nitrogens with zero attached hydrogens (tertiary/aromatic N) is 4. The van der Waals surface area contributed by atoms with Gasteiger partial charge in [0.1, 0.15) is 0 Å². The summed E-state index contributed by atoms with van der Waals surface area (Å²) in [6.07, 6.45) is 4.52. The predicted octanol–water partition coefficient (Wildman–Crippen LogP) is 0.788. The molecular weight excluding hydrogens is 202 g/mol. The number of hydrogen-bond acceptors (Lipinski definition) is 4. The van der Waals surface area contributed by atoms with Gasteiger partial charge in [-0.1, -0.05) is 0 Å². The van der Waals surface area contributed by atoms with Crippen molar-refractivity contribution in [2.45, 2.75) is 19.4 Å². The van der Waals surface area contributed by atoms with Crippen LogP contribution in [0.4, 0.5) is 5.69 Å². The average Bonchev–Trinajstić information content (AvgIpc) is 2.96. The fraction of sp³-hybridized carbons (Fsp3) is 0.455. The highest BCUT2D eigenvalue weighted by molar-refractivity contribution is 5.56. The second-order valence-corrected chi connectivity index (χ2v) is 4.11. The van der Waals surface area contributed by atoms with Crippen LogP contribution in [0, 0.1) is 0 Å². The van der Waals surface area contributed by atoms with Gasteiger partial charge < -0.3 is 10.6 Å². The van der Waals surface area contributed by atoms with Gasteiger partial charge in [-0.25, -0.2) is 9.50 Å². The highest BCUT2D eigenvalue weighted by atomic mass is 15.3. The van der Waals surface area contributed by atoms with E-state index in [1.807, 2.05) is 6.20 Å². The molecule has 1 aliphatic heterocycles. The van der Waals surface area contributed by atoms with E-state index in [1.54, 1.807) is 4.52 Å². The van der Waals surface area contributed by atoms with Gasteiger partial charge in [0.25, 0.3) is 0 Å². The van der Waals surface area contributed by atoms with Crippen LogP contribution < -0.4 is 10.6 Å². The van der Waals surface area contributed by atoms with E-state index in [4.69, 9.17) is 5.73 Å². The molecule has 1 saturated heterocycles. The van der Waals surface area contributed by atoms with Gasteiger partial charge >= 0.3 is 0 Å². The summed E-state index contributed by atoms with van der Waals surface area (Å²) in [4.78, 5) is 6.75. The van der Waals surface area contributed by atoms with E-state index in [0.717, 1.165) is 18.7 Å². The summed E-state index contributed by atoms with van der Waals surface area (Å²) < 4.78 is 1.78. The molecule has 0 aromatic carbocycles. The van der Waals surface area contributed by atoms with Crippen LogP contribution in [0.5, 0.6) is 0 Å². The van der Waals surface area contributed by atoms with Crippen molar-refractivity contribution in [2.24, 2.45) is 5.73 Å². The first-order chi connectivity index (χ1) is 7.86. The van der Waals surface area contributed by atoms with E-state index >= 15 is 0 Å². The first kappa shape index (κ1) is 9.59. The number of pyridine rings is 1. The Hall–Kier alpha value is -1.62. The van der Waals surface area contributed by atoms with Crippen molar-refractivity contribution in [1.82, 2.24) is 14.6 Å². The average molecular weight is 217 g/mol. The zero-order chi connectivity index (χ0) is 11.0. The van der Waals surface area contributed by atoms with Gasteiger partial charge in [-0.15, -0.1) is 5.10 Å². The molecule has 0 atom stereocenters. The molecule has 0 spiro atoms. The van der Waals surface area contributed by atoms with Gasteiger partial charge in [-0.2, -0.15) is 0 Å². The molecule has 3 rings (SSSR count). The molecule has 84 valence electrons. The number of nitrogens with two attached hydrogens (primary N) is 1. The standard InChI is InChI=1S/C11H15N5/c12-8-10-13-11-7-9(3-6-16(11)14-10)15-4-1-2-5-15/h3,6-7H,1-2,4-5,8,12H2. The predicted molar refractivity (Wildman–Crippen MR) is 62.3 cm³/mol. The molecule has 0 amide bonds. The molecule has 0 radical (unpaired) electrons. The number of anilines is 1. The Balaban J connectivity index is 2.00. The highest BCUT2D eigenvalue weighted by Gasteiger charge is 2.13. The summed E-state index contributed by atoms with van der Waals surface area (Å²) in [5.74, 6) is 0.693. The molecule has 2 aromatic heterocycles. The maximum Gasteiger partial charge on any atom is 0.165 e. The Morgan fingerprint density at radius 3 is 2.88 bits per heavy atom. The molecule has 2 N–H and O–H groups in total. The van der Waals surface area contributed by atoms with Crippen LogP contribution in [0.15, 0.2) is 18.3 Å². The Kier molecular flexibility index (Phi) is 2.25. The number of aromatic nitrogens is 3. The highest BCUT2D eigenvalue weighted by Crippen LogP contribution is 2.20. The largest absolute Gasteiger partial charge is 0.371 e. The first-order valence-electron chi connectivity index (χ1n) is 5.67. The van der Waals surface area contributed by atoms with E-state index in [1.165, 1.54) is 18.5 Å². The van der Waals surface area contributed by atoms with Gasteiger partial charge in [0.2, 0.25) is 0 Å². The van der Waals surface area contributed by atoms with Gasteiger partial charge in [-0.3, -0.25) is 0 Å². The summed E-state index contributed by atoms with van der Waals surface area (Å²) >= 11 is 0. The van der Waals surface area contributed by atoms with Crippen LogP contribution in [0.2, 0.25) is 0 Å². The fourth-order valence-corrected chi connectivity index (χ4v) is 2.18. The molecule has 0 unspecified atom stereocenters. The number of fused-ring (bicyclic) bond motifs is 1. The molecular formula is C11H15N5.